The third-order valence-corrected chi connectivity index (χ3v) is 4.95. The molecule has 25 heavy (non-hydrogen) atoms. The molecule has 0 heterocycles. The van der Waals surface area contributed by atoms with E-state index in [1.165, 1.54) is 43.2 Å². The highest BCUT2D eigenvalue weighted by molar-refractivity contribution is 14.0. The van der Waals surface area contributed by atoms with E-state index in [1.54, 1.807) is 0 Å². The van der Waals surface area contributed by atoms with Gasteiger partial charge >= 0.3 is 0 Å². The van der Waals surface area contributed by atoms with Crippen LogP contribution in [0.5, 0.6) is 0 Å². The van der Waals surface area contributed by atoms with Crippen molar-refractivity contribution in [2.24, 2.45) is 4.99 Å². The molecule has 1 aromatic rings. The summed E-state index contributed by atoms with van der Waals surface area (Å²) in [6, 6.07) is 9.51. The highest BCUT2D eigenvalue weighted by Crippen LogP contribution is 2.17. The summed E-state index contributed by atoms with van der Waals surface area (Å²) in [4.78, 5) is 6.80. The highest BCUT2D eigenvalue weighted by atomic mass is 127. The van der Waals surface area contributed by atoms with Crippen molar-refractivity contribution in [1.82, 2.24) is 15.5 Å². The van der Waals surface area contributed by atoms with Crippen LogP contribution in [0.2, 0.25) is 0 Å². The van der Waals surface area contributed by atoms with Crippen LogP contribution in [0, 0.1) is 0 Å². The molecule has 0 unspecified atom stereocenters. The van der Waals surface area contributed by atoms with Crippen molar-refractivity contribution in [1.29, 1.82) is 0 Å². The third kappa shape index (κ3) is 7.94. The van der Waals surface area contributed by atoms with E-state index >= 15 is 0 Å². The number of halogens is 1. The molecule has 0 saturated heterocycles. The van der Waals surface area contributed by atoms with E-state index in [2.05, 4.69) is 58.6 Å². The molecule has 0 bridgehead atoms. The Balaban J connectivity index is 0.00000312. The minimum atomic E-state index is 0. The van der Waals surface area contributed by atoms with Crippen molar-refractivity contribution < 1.29 is 0 Å². The average Bonchev–Trinajstić information content (AvgIpc) is 2.65. The fourth-order valence-corrected chi connectivity index (χ4v) is 3.29. The maximum Gasteiger partial charge on any atom is 0.191 e. The molecule has 0 atom stereocenters. The number of rotatable bonds is 7. The largest absolute Gasteiger partial charge is 0.354 e. The number of hydrogen-bond donors (Lipinski definition) is 2. The molecule has 1 aromatic carbocycles. The van der Waals surface area contributed by atoms with Crippen molar-refractivity contribution in [3.63, 3.8) is 0 Å². The van der Waals surface area contributed by atoms with Crippen LogP contribution in [0.1, 0.15) is 57.1 Å². The molecule has 1 aliphatic rings. The van der Waals surface area contributed by atoms with E-state index in [-0.39, 0.29) is 24.0 Å². The number of nitrogens with zero attached hydrogens (tertiary/aromatic N) is 2. The predicted octanol–water partition coefficient (Wildman–Crippen LogP) is 4.14. The Kier molecular flexibility index (Phi) is 11.1. The standard InChI is InChI=1S/C20H34N4.HI/c1-4-24(5-2)16-18-13-11-17(12-14-18)15-22-20(21-3)23-19-9-7-6-8-10-19;/h11-14,19H,4-10,15-16H2,1-3H3,(H2,21,22,23);1H. The van der Waals surface area contributed by atoms with Crippen LogP contribution in [-0.4, -0.2) is 37.0 Å². The van der Waals surface area contributed by atoms with E-state index in [0.29, 0.717) is 6.04 Å². The Bertz CT molecular complexity index is 491. The average molecular weight is 458 g/mol. The first-order valence-corrected chi connectivity index (χ1v) is 9.52. The summed E-state index contributed by atoms with van der Waals surface area (Å²) in [5.74, 6) is 0.925. The minimum absolute atomic E-state index is 0. The first-order valence-electron chi connectivity index (χ1n) is 9.52. The summed E-state index contributed by atoms with van der Waals surface area (Å²) in [6.45, 7) is 8.48. The first kappa shape index (κ1) is 22.2. The number of guanidine groups is 1. The van der Waals surface area contributed by atoms with Gasteiger partial charge in [-0.15, -0.1) is 24.0 Å². The second-order valence-electron chi connectivity index (χ2n) is 6.68. The summed E-state index contributed by atoms with van der Waals surface area (Å²) in [7, 11) is 1.85. The Morgan fingerprint density at radius 3 is 2.20 bits per heavy atom. The Hall–Kier alpha value is -0.820. The SMILES string of the molecule is CCN(CC)Cc1ccc(CNC(=NC)NC2CCCCC2)cc1.I. The maximum atomic E-state index is 4.36. The second kappa shape index (κ2) is 12.5. The van der Waals surface area contributed by atoms with Crippen molar-refractivity contribution in [3.8, 4) is 0 Å². The van der Waals surface area contributed by atoms with Crippen LogP contribution in [0.3, 0.4) is 0 Å². The van der Waals surface area contributed by atoms with Gasteiger partial charge in [-0.3, -0.25) is 9.89 Å². The monoisotopic (exact) mass is 458 g/mol. The van der Waals surface area contributed by atoms with Crippen LogP contribution < -0.4 is 10.6 Å². The van der Waals surface area contributed by atoms with Gasteiger partial charge in [0.25, 0.3) is 0 Å². The molecule has 0 aromatic heterocycles. The molecule has 4 nitrogen and oxygen atoms in total. The summed E-state index contributed by atoms with van der Waals surface area (Å²) in [5.41, 5.74) is 2.68. The van der Waals surface area contributed by atoms with Crippen molar-refractivity contribution in [2.45, 2.75) is 65.1 Å². The van der Waals surface area contributed by atoms with E-state index in [1.807, 2.05) is 7.05 Å². The lowest BCUT2D eigenvalue weighted by Crippen LogP contribution is -2.43. The van der Waals surface area contributed by atoms with Gasteiger partial charge in [0.1, 0.15) is 0 Å². The molecular weight excluding hydrogens is 423 g/mol. The lowest BCUT2D eigenvalue weighted by molar-refractivity contribution is 0.296. The van der Waals surface area contributed by atoms with Gasteiger partial charge in [-0.25, -0.2) is 0 Å². The van der Waals surface area contributed by atoms with E-state index in [0.717, 1.165) is 32.1 Å². The molecule has 1 aliphatic carbocycles. The van der Waals surface area contributed by atoms with Gasteiger partial charge in [0.2, 0.25) is 0 Å². The van der Waals surface area contributed by atoms with Gasteiger partial charge < -0.3 is 10.6 Å². The first-order chi connectivity index (χ1) is 11.7. The summed E-state index contributed by atoms with van der Waals surface area (Å²) >= 11 is 0. The van der Waals surface area contributed by atoms with Crippen molar-refractivity contribution in [3.05, 3.63) is 35.4 Å². The maximum absolute atomic E-state index is 4.36. The Labute approximate surface area is 170 Å². The zero-order valence-corrected chi connectivity index (χ0v) is 18.4. The van der Waals surface area contributed by atoms with Gasteiger partial charge in [0, 0.05) is 26.2 Å². The second-order valence-corrected chi connectivity index (χ2v) is 6.68. The predicted molar refractivity (Wildman–Crippen MR) is 119 cm³/mol. The fourth-order valence-electron chi connectivity index (χ4n) is 3.29. The lowest BCUT2D eigenvalue weighted by atomic mass is 9.96. The molecule has 5 heteroatoms. The fraction of sp³-hybridized carbons (Fsp3) is 0.650. The molecule has 1 saturated carbocycles. The van der Waals surface area contributed by atoms with Gasteiger partial charge in [0.15, 0.2) is 5.96 Å². The summed E-state index contributed by atoms with van der Waals surface area (Å²) in [5, 5.41) is 7.00. The van der Waals surface area contributed by atoms with Crippen LogP contribution in [0.25, 0.3) is 0 Å². The molecule has 142 valence electrons. The van der Waals surface area contributed by atoms with Crippen LogP contribution >= 0.6 is 24.0 Å². The van der Waals surface area contributed by atoms with Gasteiger partial charge in [-0.1, -0.05) is 57.4 Å². The summed E-state index contributed by atoms with van der Waals surface area (Å²) in [6.07, 6.45) is 6.58. The Morgan fingerprint density at radius 2 is 1.64 bits per heavy atom. The molecule has 0 spiro atoms. The number of nitrogens with one attached hydrogen (secondary N) is 2. The van der Waals surface area contributed by atoms with E-state index < -0.39 is 0 Å². The van der Waals surface area contributed by atoms with Crippen molar-refractivity contribution in [2.75, 3.05) is 20.1 Å². The van der Waals surface area contributed by atoms with Crippen molar-refractivity contribution >= 4 is 29.9 Å². The Morgan fingerprint density at radius 1 is 1.04 bits per heavy atom. The topological polar surface area (TPSA) is 39.7 Å². The molecule has 2 rings (SSSR count). The van der Waals surface area contributed by atoms with Gasteiger partial charge in [-0.2, -0.15) is 0 Å². The molecule has 0 aliphatic heterocycles. The van der Waals surface area contributed by atoms with E-state index in [9.17, 15) is 0 Å². The number of benzene rings is 1. The molecule has 2 N–H and O–H groups in total. The lowest BCUT2D eigenvalue weighted by Gasteiger charge is -2.25. The van der Waals surface area contributed by atoms with Crippen LogP contribution in [0.15, 0.2) is 29.3 Å². The van der Waals surface area contributed by atoms with E-state index in [4.69, 9.17) is 0 Å². The molecule has 1 fully saturated rings. The molecular formula is C20H35IN4. The minimum Gasteiger partial charge on any atom is -0.354 e. The quantitative estimate of drug-likeness (QED) is 0.367. The smallest absolute Gasteiger partial charge is 0.191 e. The van der Waals surface area contributed by atoms with Gasteiger partial charge in [0.05, 0.1) is 0 Å². The normalized spacial score (nSPS) is 15.8. The third-order valence-electron chi connectivity index (χ3n) is 4.95. The molecule has 0 radical (unpaired) electrons. The molecule has 0 amide bonds. The van der Waals surface area contributed by atoms with Crippen LogP contribution in [-0.2, 0) is 13.1 Å². The zero-order chi connectivity index (χ0) is 17.2. The zero-order valence-electron chi connectivity index (χ0n) is 16.1. The number of hydrogen-bond acceptors (Lipinski definition) is 2. The summed E-state index contributed by atoms with van der Waals surface area (Å²) < 4.78 is 0. The van der Waals surface area contributed by atoms with Gasteiger partial charge in [-0.05, 0) is 37.1 Å². The van der Waals surface area contributed by atoms with Crippen LogP contribution in [0.4, 0.5) is 0 Å². The number of aliphatic imine (C=N–C) groups is 1. The highest BCUT2D eigenvalue weighted by Gasteiger charge is 2.14.